The predicted octanol–water partition coefficient (Wildman–Crippen LogP) is 3.34. The van der Waals surface area contributed by atoms with Crippen molar-refractivity contribution in [1.82, 2.24) is 5.32 Å². The van der Waals surface area contributed by atoms with E-state index in [0.717, 1.165) is 16.1 Å². The zero-order valence-corrected chi connectivity index (χ0v) is 10.1. The van der Waals surface area contributed by atoms with Crippen LogP contribution < -0.4 is 5.32 Å². The number of benzene rings is 2. The van der Waals surface area contributed by atoms with Crippen molar-refractivity contribution < 1.29 is 5.11 Å². The Bertz CT molecular complexity index is 454. The van der Waals surface area contributed by atoms with Crippen LogP contribution >= 0.6 is 11.6 Å². The van der Waals surface area contributed by atoms with E-state index >= 15 is 0 Å². The third-order valence-electron chi connectivity index (χ3n) is 2.58. The highest BCUT2D eigenvalue weighted by molar-refractivity contribution is 6.31. The minimum Gasteiger partial charge on any atom is -0.508 e. The van der Waals surface area contributed by atoms with Gasteiger partial charge in [0.2, 0.25) is 0 Å². The van der Waals surface area contributed by atoms with Crippen LogP contribution in [0.25, 0.3) is 0 Å². The Hall–Kier alpha value is -1.51. The van der Waals surface area contributed by atoms with Gasteiger partial charge in [-0.05, 0) is 17.7 Å². The van der Waals surface area contributed by atoms with E-state index in [9.17, 15) is 5.11 Å². The average Bonchev–Trinajstić information content (AvgIpc) is 2.34. The lowest BCUT2D eigenvalue weighted by Gasteiger charge is -2.07. The molecule has 0 spiro atoms. The zero-order chi connectivity index (χ0) is 12.1. The number of halogens is 1. The van der Waals surface area contributed by atoms with E-state index in [-0.39, 0.29) is 0 Å². The third-order valence-corrected chi connectivity index (χ3v) is 2.95. The van der Waals surface area contributed by atoms with Gasteiger partial charge in [-0.25, -0.2) is 0 Å². The van der Waals surface area contributed by atoms with E-state index in [2.05, 4.69) is 5.32 Å². The van der Waals surface area contributed by atoms with Gasteiger partial charge in [0.15, 0.2) is 0 Å². The molecular weight excluding hydrogens is 234 g/mol. The molecule has 0 saturated carbocycles. The van der Waals surface area contributed by atoms with Crippen LogP contribution in [0.3, 0.4) is 0 Å². The molecule has 2 rings (SSSR count). The lowest BCUT2D eigenvalue weighted by molar-refractivity contribution is 0.464. The lowest BCUT2D eigenvalue weighted by atomic mass is 10.2. The molecule has 0 atom stereocenters. The molecular formula is C14H14ClNO. The number of aromatic hydroxyl groups is 1. The van der Waals surface area contributed by atoms with Gasteiger partial charge in [0.1, 0.15) is 5.75 Å². The molecule has 0 amide bonds. The second-order valence-electron chi connectivity index (χ2n) is 3.82. The van der Waals surface area contributed by atoms with Crippen LogP contribution in [-0.2, 0) is 13.1 Å². The molecule has 0 bridgehead atoms. The molecule has 2 nitrogen and oxygen atoms in total. The minimum absolute atomic E-state index is 0.319. The SMILES string of the molecule is Oc1ccccc1CNCc1ccccc1Cl. The largest absolute Gasteiger partial charge is 0.508 e. The molecule has 0 aromatic heterocycles. The molecule has 2 aromatic rings. The fraction of sp³-hybridized carbons (Fsp3) is 0.143. The number of rotatable bonds is 4. The smallest absolute Gasteiger partial charge is 0.120 e. The fourth-order valence-electron chi connectivity index (χ4n) is 1.63. The highest BCUT2D eigenvalue weighted by Crippen LogP contribution is 2.17. The van der Waals surface area contributed by atoms with Gasteiger partial charge in [0.05, 0.1) is 0 Å². The van der Waals surface area contributed by atoms with Gasteiger partial charge in [0.25, 0.3) is 0 Å². The quantitative estimate of drug-likeness (QED) is 0.869. The van der Waals surface area contributed by atoms with Gasteiger partial charge in [-0.2, -0.15) is 0 Å². The molecule has 0 radical (unpaired) electrons. The molecule has 0 aliphatic rings. The second-order valence-corrected chi connectivity index (χ2v) is 4.23. The van der Waals surface area contributed by atoms with E-state index in [1.54, 1.807) is 6.07 Å². The number of phenols is 1. The summed E-state index contributed by atoms with van der Waals surface area (Å²) < 4.78 is 0. The molecule has 0 aliphatic carbocycles. The van der Waals surface area contributed by atoms with E-state index in [1.807, 2.05) is 42.5 Å². The van der Waals surface area contributed by atoms with Gasteiger partial charge >= 0.3 is 0 Å². The summed E-state index contributed by atoms with van der Waals surface area (Å²) in [6.45, 7) is 1.31. The first kappa shape index (κ1) is 12.0. The molecule has 0 aliphatic heterocycles. The van der Waals surface area contributed by atoms with Crippen LogP contribution in [0, 0.1) is 0 Å². The summed E-state index contributed by atoms with van der Waals surface area (Å²) in [6.07, 6.45) is 0. The van der Waals surface area contributed by atoms with Gasteiger partial charge in [-0.15, -0.1) is 0 Å². The summed E-state index contributed by atoms with van der Waals surface area (Å²) in [5.41, 5.74) is 1.95. The van der Waals surface area contributed by atoms with Crippen LogP contribution in [0.15, 0.2) is 48.5 Å². The Morgan fingerprint density at radius 2 is 1.47 bits per heavy atom. The van der Waals surface area contributed by atoms with Crippen molar-refractivity contribution in [2.75, 3.05) is 0 Å². The number of hydrogen-bond acceptors (Lipinski definition) is 2. The van der Waals surface area contributed by atoms with E-state index in [1.165, 1.54) is 0 Å². The van der Waals surface area contributed by atoms with Gasteiger partial charge in [-0.3, -0.25) is 0 Å². The van der Waals surface area contributed by atoms with E-state index in [0.29, 0.717) is 18.8 Å². The molecule has 88 valence electrons. The van der Waals surface area contributed by atoms with Crippen LogP contribution in [-0.4, -0.2) is 5.11 Å². The first-order chi connectivity index (χ1) is 8.27. The zero-order valence-electron chi connectivity index (χ0n) is 9.36. The standard InChI is InChI=1S/C14H14ClNO/c15-13-7-3-1-5-11(13)9-16-10-12-6-2-4-8-14(12)17/h1-8,16-17H,9-10H2. The maximum absolute atomic E-state index is 9.60. The number of nitrogens with one attached hydrogen (secondary N) is 1. The van der Waals surface area contributed by atoms with Crippen LogP contribution in [0.2, 0.25) is 5.02 Å². The molecule has 0 heterocycles. The van der Waals surface area contributed by atoms with E-state index < -0.39 is 0 Å². The van der Waals surface area contributed by atoms with Gasteiger partial charge < -0.3 is 10.4 Å². The van der Waals surface area contributed by atoms with Crippen LogP contribution in [0.4, 0.5) is 0 Å². The molecule has 17 heavy (non-hydrogen) atoms. The Morgan fingerprint density at radius 3 is 2.18 bits per heavy atom. The summed E-state index contributed by atoms with van der Waals surface area (Å²) in [5, 5.41) is 13.6. The first-order valence-corrected chi connectivity index (χ1v) is 5.86. The van der Waals surface area contributed by atoms with Crippen molar-refractivity contribution in [2.45, 2.75) is 13.1 Å². The van der Waals surface area contributed by atoms with Gasteiger partial charge in [0, 0.05) is 23.7 Å². The topological polar surface area (TPSA) is 32.3 Å². The Labute approximate surface area is 106 Å². The monoisotopic (exact) mass is 247 g/mol. The maximum Gasteiger partial charge on any atom is 0.120 e. The number of phenolic OH excluding ortho intramolecular Hbond substituents is 1. The molecule has 0 unspecified atom stereocenters. The Kier molecular flexibility index (Phi) is 4.02. The lowest BCUT2D eigenvalue weighted by Crippen LogP contribution is -2.12. The van der Waals surface area contributed by atoms with Crippen molar-refractivity contribution in [3.05, 3.63) is 64.7 Å². The van der Waals surface area contributed by atoms with Crippen molar-refractivity contribution in [3.8, 4) is 5.75 Å². The van der Waals surface area contributed by atoms with E-state index in [4.69, 9.17) is 11.6 Å². The van der Waals surface area contributed by atoms with Crippen molar-refractivity contribution >= 4 is 11.6 Å². The summed E-state index contributed by atoms with van der Waals surface area (Å²) in [6, 6.07) is 15.0. The maximum atomic E-state index is 9.60. The highest BCUT2D eigenvalue weighted by atomic mass is 35.5. The highest BCUT2D eigenvalue weighted by Gasteiger charge is 2.01. The fourth-order valence-corrected chi connectivity index (χ4v) is 1.84. The molecule has 3 heteroatoms. The Balaban J connectivity index is 1.93. The van der Waals surface area contributed by atoms with Crippen molar-refractivity contribution in [1.29, 1.82) is 0 Å². The number of para-hydroxylation sites is 1. The molecule has 0 saturated heterocycles. The first-order valence-electron chi connectivity index (χ1n) is 5.48. The third kappa shape index (κ3) is 3.22. The second kappa shape index (κ2) is 5.71. The predicted molar refractivity (Wildman–Crippen MR) is 70.1 cm³/mol. The van der Waals surface area contributed by atoms with Crippen LogP contribution in [0.1, 0.15) is 11.1 Å². The van der Waals surface area contributed by atoms with Crippen LogP contribution in [0.5, 0.6) is 5.75 Å². The number of hydrogen-bond donors (Lipinski definition) is 2. The van der Waals surface area contributed by atoms with Crippen molar-refractivity contribution in [2.24, 2.45) is 0 Å². The summed E-state index contributed by atoms with van der Waals surface area (Å²) in [5.74, 6) is 0.319. The summed E-state index contributed by atoms with van der Waals surface area (Å²) in [4.78, 5) is 0. The normalized spacial score (nSPS) is 10.4. The summed E-state index contributed by atoms with van der Waals surface area (Å²) in [7, 11) is 0. The minimum atomic E-state index is 0.319. The van der Waals surface area contributed by atoms with Gasteiger partial charge in [-0.1, -0.05) is 48.0 Å². The average molecular weight is 248 g/mol. The van der Waals surface area contributed by atoms with Crippen molar-refractivity contribution in [3.63, 3.8) is 0 Å². The summed E-state index contributed by atoms with van der Waals surface area (Å²) >= 11 is 6.05. The Morgan fingerprint density at radius 1 is 0.882 bits per heavy atom. The molecule has 2 N–H and O–H groups in total. The molecule has 2 aromatic carbocycles. The molecule has 0 fully saturated rings.